The van der Waals surface area contributed by atoms with Crippen molar-refractivity contribution in [2.24, 2.45) is 0 Å². The molecule has 18 heavy (non-hydrogen) atoms. The fourth-order valence-corrected chi connectivity index (χ4v) is 2.70. The Morgan fingerprint density at radius 1 is 1.50 bits per heavy atom. The third-order valence-corrected chi connectivity index (χ3v) is 3.95. The summed E-state index contributed by atoms with van der Waals surface area (Å²) in [5.41, 5.74) is 0. The summed E-state index contributed by atoms with van der Waals surface area (Å²) < 4.78 is 30.4. The van der Waals surface area contributed by atoms with Gasteiger partial charge in [-0.05, 0) is 25.1 Å². The highest BCUT2D eigenvalue weighted by atomic mass is 35.5. The van der Waals surface area contributed by atoms with Gasteiger partial charge in [-0.25, -0.2) is 13.1 Å². The highest BCUT2D eigenvalue weighted by Gasteiger charge is 2.19. The normalized spacial score (nSPS) is 13.1. The molecule has 0 amide bonds. The average molecular weight is 293 g/mol. The molecule has 0 saturated carbocycles. The number of carboxylic acids is 1. The van der Waals surface area contributed by atoms with Crippen LogP contribution in [0.1, 0.15) is 6.92 Å². The molecule has 0 radical (unpaired) electrons. The van der Waals surface area contributed by atoms with Gasteiger partial charge >= 0.3 is 0 Å². The lowest BCUT2D eigenvalue weighted by molar-refractivity contribution is -0.307. The number of hydrogen-bond donors (Lipinski definition) is 1. The topological polar surface area (TPSA) is 95.5 Å². The highest BCUT2D eigenvalue weighted by Crippen LogP contribution is 2.26. The number of halogens is 1. The van der Waals surface area contributed by atoms with Crippen LogP contribution in [0.15, 0.2) is 23.1 Å². The van der Waals surface area contributed by atoms with E-state index < -0.39 is 22.0 Å². The van der Waals surface area contributed by atoms with Crippen LogP contribution in [0.3, 0.4) is 0 Å². The first kappa shape index (κ1) is 14.7. The van der Waals surface area contributed by atoms with Crippen molar-refractivity contribution in [2.45, 2.75) is 17.9 Å². The Balaban J connectivity index is 3.06. The van der Waals surface area contributed by atoms with E-state index in [2.05, 4.69) is 0 Å². The van der Waals surface area contributed by atoms with Crippen LogP contribution in [0.5, 0.6) is 5.75 Å². The molecule has 1 aromatic carbocycles. The number of carbonyl (C=O) groups is 1. The minimum Gasteiger partial charge on any atom is -0.548 e. The second-order valence-electron chi connectivity index (χ2n) is 3.46. The molecule has 0 aliphatic rings. The summed E-state index contributed by atoms with van der Waals surface area (Å²) in [6.07, 6.45) is 0. The number of carboxylic acid groups (broad SMARTS) is 1. The van der Waals surface area contributed by atoms with E-state index in [4.69, 9.17) is 16.3 Å². The van der Waals surface area contributed by atoms with E-state index in [-0.39, 0.29) is 9.92 Å². The molecule has 1 N–H and O–H groups in total. The molecule has 0 spiro atoms. The molecule has 8 heteroatoms. The maximum absolute atomic E-state index is 11.8. The zero-order valence-electron chi connectivity index (χ0n) is 9.64. The predicted octanol–water partition coefficient (Wildman–Crippen LogP) is -0.235. The lowest BCUT2D eigenvalue weighted by Gasteiger charge is -2.15. The summed E-state index contributed by atoms with van der Waals surface area (Å²) in [5, 5.41) is 10.6. The Morgan fingerprint density at radius 2 is 2.11 bits per heavy atom. The van der Waals surface area contributed by atoms with Crippen molar-refractivity contribution in [1.29, 1.82) is 0 Å². The molecule has 1 aromatic rings. The third kappa shape index (κ3) is 3.34. The molecule has 0 fully saturated rings. The lowest BCUT2D eigenvalue weighted by atomic mass is 10.3. The molecule has 6 nitrogen and oxygen atoms in total. The fraction of sp³-hybridized carbons (Fsp3) is 0.300. The van der Waals surface area contributed by atoms with Crippen molar-refractivity contribution >= 4 is 27.6 Å². The second kappa shape index (κ2) is 5.55. The SMILES string of the molecule is COc1ccc(S(=O)(=O)N[C@H](C)C(=O)[O-])cc1Cl. The number of ether oxygens (including phenoxy) is 1. The maximum atomic E-state index is 11.8. The van der Waals surface area contributed by atoms with Gasteiger partial charge in [0.15, 0.2) is 0 Å². The van der Waals surface area contributed by atoms with Crippen molar-refractivity contribution in [3.63, 3.8) is 0 Å². The van der Waals surface area contributed by atoms with Crippen molar-refractivity contribution in [1.82, 2.24) is 4.72 Å². The monoisotopic (exact) mass is 292 g/mol. The number of aliphatic carboxylic acids is 1. The second-order valence-corrected chi connectivity index (χ2v) is 5.58. The molecule has 0 aliphatic carbocycles. The molecule has 1 rings (SSSR count). The number of carbonyl (C=O) groups excluding carboxylic acids is 1. The van der Waals surface area contributed by atoms with Gasteiger partial charge < -0.3 is 14.6 Å². The summed E-state index contributed by atoms with van der Waals surface area (Å²) >= 11 is 5.79. The van der Waals surface area contributed by atoms with Crippen LogP contribution in [0.25, 0.3) is 0 Å². The minimum atomic E-state index is -3.96. The predicted molar refractivity (Wildman–Crippen MR) is 62.8 cm³/mol. The first-order valence-corrected chi connectivity index (χ1v) is 6.71. The van der Waals surface area contributed by atoms with Gasteiger partial charge in [0.05, 0.1) is 29.0 Å². The van der Waals surface area contributed by atoms with E-state index >= 15 is 0 Å². The molecule has 0 aliphatic heterocycles. The Bertz CT molecular complexity index is 557. The van der Waals surface area contributed by atoms with Crippen LogP contribution < -0.4 is 14.6 Å². The van der Waals surface area contributed by atoms with Gasteiger partial charge in [0.1, 0.15) is 5.75 Å². The van der Waals surface area contributed by atoms with Gasteiger partial charge in [-0.15, -0.1) is 0 Å². The molecule has 1 atom stereocenters. The molecule has 0 aromatic heterocycles. The van der Waals surface area contributed by atoms with Crippen LogP contribution >= 0.6 is 11.6 Å². The first-order chi connectivity index (χ1) is 8.27. The van der Waals surface area contributed by atoms with E-state index in [1.807, 2.05) is 4.72 Å². The van der Waals surface area contributed by atoms with Crippen molar-refractivity contribution in [2.75, 3.05) is 7.11 Å². The van der Waals surface area contributed by atoms with Crippen LogP contribution in [0.2, 0.25) is 5.02 Å². The summed E-state index contributed by atoms with van der Waals surface area (Å²) in [6.45, 7) is 1.16. The Kier molecular flexibility index (Phi) is 4.55. The van der Waals surface area contributed by atoms with Crippen molar-refractivity contribution in [3.8, 4) is 5.75 Å². The molecular weight excluding hydrogens is 282 g/mol. The smallest absolute Gasteiger partial charge is 0.241 e. The zero-order valence-corrected chi connectivity index (χ0v) is 11.2. The van der Waals surface area contributed by atoms with Crippen LogP contribution in [-0.4, -0.2) is 27.5 Å². The van der Waals surface area contributed by atoms with Crippen LogP contribution in [0.4, 0.5) is 0 Å². The minimum absolute atomic E-state index is 0.112. The van der Waals surface area contributed by atoms with Crippen molar-refractivity contribution in [3.05, 3.63) is 23.2 Å². The number of methoxy groups -OCH3 is 1. The average Bonchev–Trinajstić information content (AvgIpc) is 2.28. The molecule has 0 saturated heterocycles. The van der Waals surface area contributed by atoms with Crippen LogP contribution in [0, 0.1) is 0 Å². The highest BCUT2D eigenvalue weighted by molar-refractivity contribution is 7.89. The molecular formula is C10H11ClNO5S-. The third-order valence-electron chi connectivity index (χ3n) is 2.12. The van der Waals surface area contributed by atoms with E-state index in [1.54, 1.807) is 0 Å². The van der Waals surface area contributed by atoms with Gasteiger partial charge in [-0.1, -0.05) is 11.6 Å². The zero-order chi connectivity index (χ0) is 13.9. The van der Waals surface area contributed by atoms with Gasteiger partial charge in [0.25, 0.3) is 0 Å². The Hall–Kier alpha value is -1.31. The van der Waals surface area contributed by atoms with Gasteiger partial charge in [-0.3, -0.25) is 0 Å². The Morgan fingerprint density at radius 3 is 2.56 bits per heavy atom. The lowest BCUT2D eigenvalue weighted by Crippen LogP contribution is -2.45. The Labute approximate surface area is 110 Å². The molecule has 0 heterocycles. The fourth-order valence-electron chi connectivity index (χ4n) is 1.16. The largest absolute Gasteiger partial charge is 0.548 e. The summed E-state index contributed by atoms with van der Waals surface area (Å²) in [7, 11) is -2.57. The van der Waals surface area contributed by atoms with Crippen LogP contribution in [-0.2, 0) is 14.8 Å². The van der Waals surface area contributed by atoms with E-state index in [0.29, 0.717) is 5.75 Å². The quantitative estimate of drug-likeness (QED) is 0.808. The summed E-state index contributed by atoms with van der Waals surface area (Å²) in [5.74, 6) is -1.19. The number of rotatable bonds is 5. The van der Waals surface area contributed by atoms with Gasteiger partial charge in [-0.2, -0.15) is 0 Å². The molecule has 0 bridgehead atoms. The number of sulfonamides is 1. The standard InChI is InChI=1S/C10H12ClNO5S/c1-6(10(13)14)12-18(15,16)7-3-4-9(17-2)8(11)5-7/h3-6,12H,1-2H3,(H,13,14)/p-1/t6-/m1/s1. The van der Waals surface area contributed by atoms with Crippen molar-refractivity contribution < 1.29 is 23.1 Å². The maximum Gasteiger partial charge on any atom is 0.241 e. The van der Waals surface area contributed by atoms with E-state index in [9.17, 15) is 18.3 Å². The first-order valence-electron chi connectivity index (χ1n) is 4.84. The number of nitrogens with one attached hydrogen (secondary N) is 1. The molecule has 0 unspecified atom stereocenters. The number of benzene rings is 1. The van der Waals surface area contributed by atoms with Gasteiger partial charge in [0.2, 0.25) is 10.0 Å². The van der Waals surface area contributed by atoms with E-state index in [0.717, 1.165) is 6.92 Å². The number of hydrogen-bond acceptors (Lipinski definition) is 5. The summed E-state index contributed by atoms with van der Waals surface area (Å²) in [6, 6.07) is 2.47. The van der Waals surface area contributed by atoms with E-state index in [1.165, 1.54) is 25.3 Å². The molecule has 100 valence electrons. The van der Waals surface area contributed by atoms with Gasteiger partial charge in [0, 0.05) is 0 Å². The summed E-state index contributed by atoms with van der Waals surface area (Å²) in [4.78, 5) is 10.3.